The standard InChI is InChI=1S/C15H10BrClO3/c16-11-5-7-12(8-6-11)20-15-10(4-9-14(18)19)2-1-3-13(15)17/h1-9H,(H,18,19)/b9-4+. The Bertz CT molecular complexity index is 651. The number of carbonyl (C=O) groups is 1. The molecule has 1 N–H and O–H groups in total. The quantitative estimate of drug-likeness (QED) is 0.787. The molecule has 0 aliphatic heterocycles. The van der Waals surface area contributed by atoms with Crippen molar-refractivity contribution in [1.29, 1.82) is 0 Å². The van der Waals surface area contributed by atoms with E-state index in [0.717, 1.165) is 10.5 Å². The molecule has 5 heteroatoms. The van der Waals surface area contributed by atoms with Crippen molar-refractivity contribution in [3.8, 4) is 11.5 Å². The minimum atomic E-state index is -1.03. The Hall–Kier alpha value is -1.78. The first kappa shape index (κ1) is 14.6. The normalized spacial score (nSPS) is 10.7. The lowest BCUT2D eigenvalue weighted by molar-refractivity contribution is -0.131. The number of benzene rings is 2. The first-order valence-corrected chi connectivity index (χ1v) is 6.86. The van der Waals surface area contributed by atoms with Crippen LogP contribution in [0.15, 0.2) is 53.0 Å². The fourth-order valence-corrected chi connectivity index (χ4v) is 2.03. The molecule has 0 saturated heterocycles. The van der Waals surface area contributed by atoms with Gasteiger partial charge in [-0.3, -0.25) is 0 Å². The molecule has 0 aliphatic carbocycles. The molecule has 0 bridgehead atoms. The molecule has 20 heavy (non-hydrogen) atoms. The number of hydrogen-bond acceptors (Lipinski definition) is 2. The number of carboxylic acid groups (broad SMARTS) is 1. The van der Waals surface area contributed by atoms with Crippen LogP contribution in [0, 0.1) is 0 Å². The number of halogens is 2. The minimum absolute atomic E-state index is 0.417. The molecule has 0 heterocycles. The van der Waals surface area contributed by atoms with E-state index < -0.39 is 5.97 Å². The van der Waals surface area contributed by atoms with Gasteiger partial charge < -0.3 is 9.84 Å². The van der Waals surface area contributed by atoms with E-state index in [1.54, 1.807) is 30.3 Å². The van der Waals surface area contributed by atoms with Gasteiger partial charge in [0, 0.05) is 16.1 Å². The zero-order valence-electron chi connectivity index (χ0n) is 10.2. The van der Waals surface area contributed by atoms with Crippen LogP contribution in [0.3, 0.4) is 0 Å². The molecule has 102 valence electrons. The number of hydrogen-bond donors (Lipinski definition) is 1. The van der Waals surface area contributed by atoms with Crippen molar-refractivity contribution in [2.75, 3.05) is 0 Å². The molecule has 0 spiro atoms. The van der Waals surface area contributed by atoms with Crippen LogP contribution >= 0.6 is 27.5 Å². The van der Waals surface area contributed by atoms with Gasteiger partial charge in [-0.05, 0) is 36.4 Å². The molecule has 0 saturated carbocycles. The second-order valence-electron chi connectivity index (χ2n) is 3.89. The van der Waals surface area contributed by atoms with Gasteiger partial charge in [0.25, 0.3) is 0 Å². The lowest BCUT2D eigenvalue weighted by Crippen LogP contribution is -1.90. The second kappa shape index (κ2) is 6.59. The summed E-state index contributed by atoms with van der Waals surface area (Å²) in [5, 5.41) is 9.11. The summed E-state index contributed by atoms with van der Waals surface area (Å²) in [7, 11) is 0. The van der Waals surface area contributed by atoms with E-state index in [1.807, 2.05) is 12.1 Å². The smallest absolute Gasteiger partial charge is 0.328 e. The number of rotatable bonds is 4. The van der Waals surface area contributed by atoms with Gasteiger partial charge in [-0.2, -0.15) is 0 Å². The molecule has 0 atom stereocenters. The van der Waals surface area contributed by atoms with E-state index in [9.17, 15) is 4.79 Å². The Balaban J connectivity index is 2.34. The maximum atomic E-state index is 10.6. The highest BCUT2D eigenvalue weighted by molar-refractivity contribution is 9.10. The summed E-state index contributed by atoms with van der Waals surface area (Å²) < 4.78 is 6.67. The average molecular weight is 354 g/mol. The lowest BCUT2D eigenvalue weighted by atomic mass is 10.2. The van der Waals surface area contributed by atoms with Gasteiger partial charge in [0.15, 0.2) is 5.75 Å². The fourth-order valence-electron chi connectivity index (χ4n) is 1.55. The topological polar surface area (TPSA) is 46.5 Å². The molecular formula is C15H10BrClO3. The molecule has 0 aromatic heterocycles. The molecule has 2 aromatic rings. The zero-order chi connectivity index (χ0) is 14.5. The number of aliphatic carboxylic acids is 1. The van der Waals surface area contributed by atoms with Crippen molar-refractivity contribution in [1.82, 2.24) is 0 Å². The van der Waals surface area contributed by atoms with Gasteiger partial charge >= 0.3 is 5.97 Å². The third-order valence-electron chi connectivity index (χ3n) is 2.44. The highest BCUT2D eigenvalue weighted by Gasteiger charge is 2.08. The summed E-state index contributed by atoms with van der Waals surface area (Å²) >= 11 is 9.45. The lowest BCUT2D eigenvalue weighted by Gasteiger charge is -2.10. The molecule has 0 aliphatic rings. The van der Waals surface area contributed by atoms with E-state index in [4.69, 9.17) is 21.4 Å². The minimum Gasteiger partial charge on any atom is -0.478 e. The monoisotopic (exact) mass is 352 g/mol. The van der Waals surface area contributed by atoms with E-state index in [-0.39, 0.29) is 0 Å². The largest absolute Gasteiger partial charge is 0.478 e. The highest BCUT2D eigenvalue weighted by atomic mass is 79.9. The molecule has 3 nitrogen and oxygen atoms in total. The Morgan fingerprint density at radius 2 is 1.90 bits per heavy atom. The third kappa shape index (κ3) is 3.85. The first-order valence-electron chi connectivity index (χ1n) is 5.69. The summed E-state index contributed by atoms with van der Waals surface area (Å²) in [5.74, 6) is 0.0137. The summed E-state index contributed by atoms with van der Waals surface area (Å²) in [5.41, 5.74) is 0.600. The van der Waals surface area contributed by atoms with Crippen LogP contribution in [-0.2, 0) is 4.79 Å². The fraction of sp³-hybridized carbons (Fsp3) is 0. The van der Waals surface area contributed by atoms with Gasteiger partial charge in [0.2, 0.25) is 0 Å². The molecular weight excluding hydrogens is 344 g/mol. The van der Waals surface area contributed by atoms with Crippen LogP contribution in [-0.4, -0.2) is 11.1 Å². The SMILES string of the molecule is O=C(O)/C=C/c1cccc(Cl)c1Oc1ccc(Br)cc1. The summed E-state index contributed by atoms with van der Waals surface area (Å²) in [6.45, 7) is 0. The molecule has 2 aromatic carbocycles. The van der Waals surface area contributed by atoms with Crippen molar-refractivity contribution in [2.45, 2.75) is 0 Å². The molecule has 0 amide bonds. The zero-order valence-corrected chi connectivity index (χ0v) is 12.6. The Kier molecular flexibility index (Phi) is 4.82. The number of carboxylic acids is 1. The van der Waals surface area contributed by atoms with Gasteiger partial charge in [-0.1, -0.05) is 39.7 Å². The maximum Gasteiger partial charge on any atom is 0.328 e. The van der Waals surface area contributed by atoms with Crippen molar-refractivity contribution in [3.63, 3.8) is 0 Å². The van der Waals surface area contributed by atoms with Crippen LogP contribution < -0.4 is 4.74 Å². The third-order valence-corrected chi connectivity index (χ3v) is 3.26. The van der Waals surface area contributed by atoms with Crippen LogP contribution in [0.1, 0.15) is 5.56 Å². The van der Waals surface area contributed by atoms with E-state index in [2.05, 4.69) is 15.9 Å². The van der Waals surface area contributed by atoms with Crippen LogP contribution in [0.25, 0.3) is 6.08 Å². The predicted octanol–water partition coefficient (Wildman–Crippen LogP) is 4.99. The van der Waals surface area contributed by atoms with Gasteiger partial charge in [0.1, 0.15) is 5.75 Å². The maximum absolute atomic E-state index is 10.6. The van der Waals surface area contributed by atoms with Crippen LogP contribution in [0.4, 0.5) is 0 Å². The van der Waals surface area contributed by atoms with Gasteiger partial charge in [0.05, 0.1) is 5.02 Å². The van der Waals surface area contributed by atoms with E-state index >= 15 is 0 Å². The Labute approximate surface area is 129 Å². The second-order valence-corrected chi connectivity index (χ2v) is 5.21. The summed E-state index contributed by atoms with van der Waals surface area (Å²) in [6, 6.07) is 12.4. The summed E-state index contributed by atoms with van der Waals surface area (Å²) in [4.78, 5) is 10.6. The highest BCUT2D eigenvalue weighted by Crippen LogP contribution is 2.34. The van der Waals surface area contributed by atoms with Crippen molar-refractivity contribution in [3.05, 3.63) is 63.6 Å². The van der Waals surface area contributed by atoms with Gasteiger partial charge in [-0.15, -0.1) is 0 Å². The van der Waals surface area contributed by atoms with E-state index in [0.29, 0.717) is 22.1 Å². The van der Waals surface area contributed by atoms with Gasteiger partial charge in [-0.25, -0.2) is 4.79 Å². The Morgan fingerprint density at radius 1 is 1.20 bits per heavy atom. The Morgan fingerprint density at radius 3 is 2.55 bits per heavy atom. The number of ether oxygens (including phenoxy) is 1. The average Bonchev–Trinajstić information content (AvgIpc) is 2.41. The number of para-hydroxylation sites is 1. The molecule has 0 radical (unpaired) electrons. The van der Waals surface area contributed by atoms with Crippen molar-refractivity contribution < 1.29 is 14.6 Å². The first-order chi connectivity index (χ1) is 9.56. The molecule has 0 unspecified atom stereocenters. The van der Waals surface area contributed by atoms with Crippen molar-refractivity contribution in [2.24, 2.45) is 0 Å². The van der Waals surface area contributed by atoms with Crippen LogP contribution in [0.5, 0.6) is 11.5 Å². The summed E-state index contributed by atoms with van der Waals surface area (Å²) in [6.07, 6.45) is 2.49. The van der Waals surface area contributed by atoms with E-state index in [1.165, 1.54) is 6.08 Å². The van der Waals surface area contributed by atoms with Crippen LogP contribution in [0.2, 0.25) is 5.02 Å². The van der Waals surface area contributed by atoms with Crippen molar-refractivity contribution >= 4 is 39.6 Å². The predicted molar refractivity (Wildman–Crippen MR) is 82.3 cm³/mol. The molecule has 0 fully saturated rings. The molecule has 2 rings (SSSR count).